The summed E-state index contributed by atoms with van der Waals surface area (Å²) in [5, 5.41) is 0. The molecule has 1 saturated heterocycles. The van der Waals surface area contributed by atoms with Crippen LogP contribution in [0, 0.1) is 0 Å². The van der Waals surface area contributed by atoms with Gasteiger partial charge in [-0.3, -0.25) is 9.78 Å². The molecule has 1 aromatic heterocycles. The number of likely N-dealkylation sites (tertiary alicyclic amines) is 1. The van der Waals surface area contributed by atoms with Gasteiger partial charge in [0.15, 0.2) is 0 Å². The Balaban J connectivity index is 1.49. The molecule has 0 spiro atoms. The molecule has 3 aromatic rings. The lowest BCUT2D eigenvalue weighted by Gasteiger charge is -2.25. The molecule has 1 fully saturated rings. The van der Waals surface area contributed by atoms with Crippen LogP contribution in [0.3, 0.4) is 0 Å². The van der Waals surface area contributed by atoms with E-state index in [0.717, 1.165) is 54.1 Å². The van der Waals surface area contributed by atoms with Crippen molar-refractivity contribution in [2.24, 2.45) is 0 Å². The molecule has 4 heteroatoms. The van der Waals surface area contributed by atoms with Crippen LogP contribution < -0.4 is 4.74 Å². The van der Waals surface area contributed by atoms with E-state index in [0.29, 0.717) is 6.42 Å². The van der Waals surface area contributed by atoms with E-state index < -0.39 is 0 Å². The summed E-state index contributed by atoms with van der Waals surface area (Å²) in [7, 11) is 1.68. The molecule has 0 aliphatic carbocycles. The molecule has 1 amide bonds. The maximum Gasteiger partial charge on any atom is 0.227 e. The van der Waals surface area contributed by atoms with Crippen LogP contribution in [0.25, 0.3) is 0 Å². The summed E-state index contributed by atoms with van der Waals surface area (Å²) >= 11 is 0. The molecule has 0 N–H and O–H groups in total. The summed E-state index contributed by atoms with van der Waals surface area (Å²) in [5.74, 6) is 1.03. The van der Waals surface area contributed by atoms with E-state index in [9.17, 15) is 4.79 Å². The van der Waals surface area contributed by atoms with E-state index in [-0.39, 0.29) is 11.9 Å². The monoisotopic (exact) mass is 386 g/mol. The van der Waals surface area contributed by atoms with E-state index in [4.69, 9.17) is 9.72 Å². The third kappa shape index (κ3) is 4.65. The molecule has 29 heavy (non-hydrogen) atoms. The van der Waals surface area contributed by atoms with Crippen molar-refractivity contribution in [2.45, 2.75) is 31.7 Å². The van der Waals surface area contributed by atoms with Crippen LogP contribution in [0.2, 0.25) is 0 Å². The predicted octanol–water partition coefficient (Wildman–Crippen LogP) is 4.59. The van der Waals surface area contributed by atoms with Crippen LogP contribution in [0.15, 0.2) is 72.8 Å². The number of aromatic nitrogens is 1. The second-order valence-electron chi connectivity index (χ2n) is 7.49. The standard InChI is InChI=1S/C25H26N2O2/c1-29-22-12-5-10-20(17-22)16-21-11-6-13-23(26-21)24-14-7-15-27(24)25(28)18-19-8-3-2-4-9-19/h2-6,8-13,17,24H,7,14-16,18H2,1H3. The second kappa shape index (κ2) is 8.91. The maximum atomic E-state index is 12.9. The summed E-state index contributed by atoms with van der Waals surface area (Å²) in [6.45, 7) is 0.804. The van der Waals surface area contributed by atoms with E-state index >= 15 is 0 Å². The first-order valence-electron chi connectivity index (χ1n) is 10.1. The fraction of sp³-hybridized carbons (Fsp3) is 0.280. The van der Waals surface area contributed by atoms with Gasteiger partial charge in [0.05, 0.1) is 25.3 Å². The average Bonchev–Trinajstić information content (AvgIpc) is 3.25. The van der Waals surface area contributed by atoms with Gasteiger partial charge in [-0.05, 0) is 48.2 Å². The van der Waals surface area contributed by atoms with Crippen molar-refractivity contribution in [3.8, 4) is 5.75 Å². The maximum absolute atomic E-state index is 12.9. The van der Waals surface area contributed by atoms with Crippen molar-refractivity contribution in [3.05, 3.63) is 95.3 Å². The van der Waals surface area contributed by atoms with Crippen molar-refractivity contribution < 1.29 is 9.53 Å². The number of nitrogens with zero attached hydrogens (tertiary/aromatic N) is 2. The van der Waals surface area contributed by atoms with Gasteiger partial charge in [0, 0.05) is 18.7 Å². The third-order valence-corrected chi connectivity index (χ3v) is 5.46. The zero-order valence-electron chi connectivity index (χ0n) is 16.8. The highest BCUT2D eigenvalue weighted by Gasteiger charge is 2.30. The molecule has 1 aliphatic rings. The van der Waals surface area contributed by atoms with Gasteiger partial charge in [-0.1, -0.05) is 48.5 Å². The van der Waals surface area contributed by atoms with Crippen molar-refractivity contribution in [1.29, 1.82) is 0 Å². The predicted molar refractivity (Wildman–Crippen MR) is 114 cm³/mol. The number of hydrogen-bond donors (Lipinski definition) is 0. The highest BCUT2D eigenvalue weighted by atomic mass is 16.5. The number of pyridine rings is 1. The molecule has 2 heterocycles. The zero-order chi connectivity index (χ0) is 20.1. The Morgan fingerprint density at radius 2 is 1.83 bits per heavy atom. The minimum Gasteiger partial charge on any atom is -0.497 e. The van der Waals surface area contributed by atoms with Crippen LogP contribution in [0.4, 0.5) is 0 Å². The summed E-state index contributed by atoms with van der Waals surface area (Å²) < 4.78 is 5.32. The fourth-order valence-electron chi connectivity index (χ4n) is 4.02. The Kier molecular flexibility index (Phi) is 5.89. The lowest BCUT2D eigenvalue weighted by Crippen LogP contribution is -2.32. The molecule has 0 saturated carbocycles. The number of carbonyl (C=O) groups is 1. The first-order chi connectivity index (χ1) is 14.2. The minimum atomic E-state index is 0.0662. The quantitative estimate of drug-likeness (QED) is 0.622. The van der Waals surface area contributed by atoms with Gasteiger partial charge < -0.3 is 9.64 Å². The van der Waals surface area contributed by atoms with E-state index in [1.54, 1.807) is 7.11 Å². The lowest BCUT2D eigenvalue weighted by molar-refractivity contribution is -0.131. The molecular formula is C25H26N2O2. The number of rotatable bonds is 6. The van der Waals surface area contributed by atoms with Crippen molar-refractivity contribution in [1.82, 2.24) is 9.88 Å². The number of carbonyl (C=O) groups excluding carboxylic acids is 1. The van der Waals surface area contributed by atoms with Gasteiger partial charge in [-0.2, -0.15) is 0 Å². The molecule has 1 atom stereocenters. The first-order valence-corrected chi connectivity index (χ1v) is 10.1. The highest BCUT2D eigenvalue weighted by molar-refractivity contribution is 5.79. The summed E-state index contributed by atoms with van der Waals surface area (Å²) in [6.07, 6.45) is 3.18. The molecule has 4 rings (SSSR count). The third-order valence-electron chi connectivity index (χ3n) is 5.46. The van der Waals surface area contributed by atoms with Crippen LogP contribution in [0.5, 0.6) is 5.75 Å². The fourth-order valence-corrected chi connectivity index (χ4v) is 4.02. The summed E-state index contributed by atoms with van der Waals surface area (Å²) in [4.78, 5) is 19.8. The summed E-state index contributed by atoms with van der Waals surface area (Å²) in [5.41, 5.74) is 4.22. The van der Waals surface area contributed by atoms with Gasteiger partial charge in [0.25, 0.3) is 0 Å². The average molecular weight is 386 g/mol. The Morgan fingerprint density at radius 3 is 2.66 bits per heavy atom. The van der Waals surface area contributed by atoms with Crippen LogP contribution in [-0.4, -0.2) is 29.4 Å². The molecule has 0 radical (unpaired) electrons. The molecule has 1 unspecified atom stereocenters. The highest BCUT2D eigenvalue weighted by Crippen LogP contribution is 2.31. The second-order valence-corrected chi connectivity index (χ2v) is 7.49. The largest absolute Gasteiger partial charge is 0.497 e. The molecular weight excluding hydrogens is 360 g/mol. The Morgan fingerprint density at radius 1 is 1.03 bits per heavy atom. The van der Waals surface area contributed by atoms with Gasteiger partial charge in [0.1, 0.15) is 5.75 Å². The molecule has 148 valence electrons. The molecule has 0 bridgehead atoms. The van der Waals surface area contributed by atoms with Crippen LogP contribution in [0.1, 0.15) is 41.4 Å². The molecule has 4 nitrogen and oxygen atoms in total. The smallest absolute Gasteiger partial charge is 0.227 e. The molecule has 1 aliphatic heterocycles. The minimum absolute atomic E-state index is 0.0662. The lowest BCUT2D eigenvalue weighted by atomic mass is 10.1. The Hall–Kier alpha value is -3.14. The molecule has 2 aromatic carbocycles. The topological polar surface area (TPSA) is 42.4 Å². The van der Waals surface area contributed by atoms with Gasteiger partial charge in [-0.25, -0.2) is 0 Å². The summed E-state index contributed by atoms with van der Waals surface area (Å²) in [6, 6.07) is 24.2. The number of hydrogen-bond acceptors (Lipinski definition) is 3. The van der Waals surface area contributed by atoms with E-state index in [2.05, 4.69) is 12.1 Å². The van der Waals surface area contributed by atoms with Crippen LogP contribution >= 0.6 is 0 Å². The number of methoxy groups -OCH3 is 1. The zero-order valence-corrected chi connectivity index (χ0v) is 16.8. The van der Waals surface area contributed by atoms with Crippen molar-refractivity contribution in [3.63, 3.8) is 0 Å². The SMILES string of the molecule is COc1cccc(Cc2cccc(C3CCCN3C(=O)Cc3ccccc3)n2)c1. The van der Waals surface area contributed by atoms with Crippen LogP contribution in [-0.2, 0) is 17.6 Å². The van der Waals surface area contributed by atoms with E-state index in [1.807, 2.05) is 65.6 Å². The Bertz CT molecular complexity index is 971. The normalized spacial score (nSPS) is 16.0. The van der Waals surface area contributed by atoms with Crippen molar-refractivity contribution in [2.75, 3.05) is 13.7 Å². The van der Waals surface area contributed by atoms with Crippen molar-refractivity contribution >= 4 is 5.91 Å². The Labute approximate surface area is 172 Å². The van der Waals surface area contributed by atoms with Gasteiger partial charge >= 0.3 is 0 Å². The number of benzene rings is 2. The van der Waals surface area contributed by atoms with Gasteiger partial charge in [0.2, 0.25) is 5.91 Å². The van der Waals surface area contributed by atoms with E-state index in [1.165, 1.54) is 0 Å². The first kappa shape index (κ1) is 19.2. The number of amides is 1. The number of ether oxygens (including phenoxy) is 1. The van der Waals surface area contributed by atoms with Gasteiger partial charge in [-0.15, -0.1) is 0 Å².